The van der Waals surface area contributed by atoms with Crippen LogP contribution in [0, 0.1) is 10.1 Å². The lowest BCUT2D eigenvalue weighted by Crippen LogP contribution is -2.47. The van der Waals surface area contributed by atoms with Crippen LogP contribution in [0.2, 0.25) is 0 Å². The molecule has 118 valence electrons. The zero-order valence-electron chi connectivity index (χ0n) is 12.2. The molecule has 7 nitrogen and oxygen atoms in total. The van der Waals surface area contributed by atoms with Gasteiger partial charge in [0.15, 0.2) is 5.00 Å². The number of hydrogen-bond acceptors (Lipinski definition) is 6. The van der Waals surface area contributed by atoms with Gasteiger partial charge in [0.05, 0.1) is 4.92 Å². The average molecular weight is 333 g/mol. The third kappa shape index (κ3) is 2.90. The van der Waals surface area contributed by atoms with Crippen LogP contribution in [-0.2, 0) is 10.0 Å². The Morgan fingerprint density at radius 2 is 1.95 bits per heavy atom. The van der Waals surface area contributed by atoms with Gasteiger partial charge in [0.1, 0.15) is 4.21 Å². The molecule has 1 N–H and O–H groups in total. The van der Waals surface area contributed by atoms with Crippen molar-refractivity contribution in [2.45, 2.75) is 49.4 Å². The van der Waals surface area contributed by atoms with Crippen molar-refractivity contribution in [3.8, 4) is 0 Å². The maximum Gasteiger partial charge on any atom is 0.304 e. The summed E-state index contributed by atoms with van der Waals surface area (Å²) >= 11 is 0.910. The Bertz CT molecular complexity index is 631. The van der Waals surface area contributed by atoms with Crippen LogP contribution in [0.3, 0.4) is 0 Å². The molecule has 0 aliphatic carbocycles. The van der Waals surface area contributed by atoms with Gasteiger partial charge in [0.2, 0.25) is 0 Å². The minimum absolute atomic E-state index is 0.0270. The van der Waals surface area contributed by atoms with Crippen molar-refractivity contribution >= 4 is 32.0 Å². The molecular formula is C12H19N3O4S2. The SMILES string of the molecule is CNc1sc(S(=O)(=O)N2[C@H](C)CCC[C@@H]2C)cc1[N+](=O)[O-]. The minimum Gasteiger partial charge on any atom is -0.374 e. The fraction of sp³-hybridized carbons (Fsp3) is 0.667. The van der Waals surface area contributed by atoms with Crippen molar-refractivity contribution < 1.29 is 13.3 Å². The number of hydrogen-bond donors (Lipinski definition) is 1. The monoisotopic (exact) mass is 333 g/mol. The number of sulfonamides is 1. The summed E-state index contributed by atoms with van der Waals surface area (Å²) < 4.78 is 27.1. The van der Waals surface area contributed by atoms with Crippen LogP contribution in [-0.4, -0.2) is 36.8 Å². The molecule has 2 rings (SSSR count). The Morgan fingerprint density at radius 3 is 2.38 bits per heavy atom. The highest BCUT2D eigenvalue weighted by Crippen LogP contribution is 2.40. The summed E-state index contributed by atoms with van der Waals surface area (Å²) in [5.41, 5.74) is -0.196. The van der Waals surface area contributed by atoms with Gasteiger partial charge >= 0.3 is 5.69 Å². The van der Waals surface area contributed by atoms with E-state index in [0.717, 1.165) is 36.7 Å². The number of nitrogens with zero attached hydrogens (tertiary/aromatic N) is 2. The van der Waals surface area contributed by atoms with Crippen LogP contribution in [0.15, 0.2) is 10.3 Å². The van der Waals surface area contributed by atoms with E-state index in [1.807, 2.05) is 13.8 Å². The zero-order chi connectivity index (χ0) is 15.8. The molecule has 9 heteroatoms. The molecule has 2 heterocycles. The van der Waals surface area contributed by atoms with Gasteiger partial charge in [-0.15, -0.1) is 0 Å². The van der Waals surface area contributed by atoms with Crippen LogP contribution < -0.4 is 5.32 Å². The van der Waals surface area contributed by atoms with E-state index in [9.17, 15) is 18.5 Å². The second-order valence-corrected chi connectivity index (χ2v) is 8.37. The van der Waals surface area contributed by atoms with Gasteiger partial charge in [-0.3, -0.25) is 10.1 Å². The van der Waals surface area contributed by atoms with Crippen LogP contribution in [0.5, 0.6) is 0 Å². The molecule has 1 saturated heterocycles. The van der Waals surface area contributed by atoms with Crippen molar-refractivity contribution in [2.75, 3.05) is 12.4 Å². The first-order valence-electron chi connectivity index (χ1n) is 6.78. The average Bonchev–Trinajstić information content (AvgIpc) is 2.83. The number of nitrogens with one attached hydrogen (secondary N) is 1. The highest BCUT2D eigenvalue weighted by molar-refractivity contribution is 7.91. The molecule has 0 radical (unpaired) electrons. The molecule has 1 aromatic heterocycles. The van der Waals surface area contributed by atoms with Gasteiger partial charge in [-0.05, 0) is 26.7 Å². The van der Waals surface area contributed by atoms with E-state index in [2.05, 4.69) is 5.32 Å². The van der Waals surface area contributed by atoms with Gasteiger partial charge in [0.25, 0.3) is 10.0 Å². The number of thiophene rings is 1. The molecule has 0 amide bonds. The van der Waals surface area contributed by atoms with Crippen LogP contribution >= 0.6 is 11.3 Å². The van der Waals surface area contributed by atoms with E-state index in [1.54, 1.807) is 7.05 Å². The third-order valence-electron chi connectivity index (χ3n) is 3.76. The first-order chi connectivity index (χ1) is 9.78. The van der Waals surface area contributed by atoms with Crippen molar-refractivity contribution in [1.82, 2.24) is 4.31 Å². The Labute approximate surface area is 128 Å². The molecule has 0 saturated carbocycles. The maximum atomic E-state index is 12.8. The van der Waals surface area contributed by atoms with Gasteiger partial charge < -0.3 is 5.32 Å². The number of piperidine rings is 1. The molecule has 0 aromatic carbocycles. The molecule has 1 fully saturated rings. The van der Waals surface area contributed by atoms with E-state index in [0.29, 0.717) is 0 Å². The fourth-order valence-electron chi connectivity index (χ4n) is 2.78. The predicted octanol–water partition coefficient (Wildman–Crippen LogP) is 2.65. The number of nitro groups is 1. The van der Waals surface area contributed by atoms with Gasteiger partial charge in [0, 0.05) is 25.2 Å². The molecule has 0 bridgehead atoms. The topological polar surface area (TPSA) is 92.6 Å². The Hall–Kier alpha value is -1.19. The van der Waals surface area contributed by atoms with Crippen molar-refractivity contribution in [2.24, 2.45) is 0 Å². The van der Waals surface area contributed by atoms with Crippen LogP contribution in [0.25, 0.3) is 0 Å². The lowest BCUT2D eigenvalue weighted by Gasteiger charge is -2.37. The minimum atomic E-state index is -3.70. The van der Waals surface area contributed by atoms with E-state index < -0.39 is 14.9 Å². The summed E-state index contributed by atoms with van der Waals surface area (Å²) in [7, 11) is -2.16. The van der Waals surface area contributed by atoms with Crippen LogP contribution in [0.1, 0.15) is 33.1 Å². The second kappa shape index (κ2) is 5.90. The highest BCUT2D eigenvalue weighted by Gasteiger charge is 2.38. The highest BCUT2D eigenvalue weighted by atomic mass is 32.2. The Kier molecular flexibility index (Phi) is 4.54. The molecular weight excluding hydrogens is 314 g/mol. The summed E-state index contributed by atoms with van der Waals surface area (Å²) in [6, 6.07) is 0.982. The smallest absolute Gasteiger partial charge is 0.304 e. The van der Waals surface area contributed by atoms with E-state index in [-0.39, 0.29) is 27.0 Å². The molecule has 0 unspecified atom stereocenters. The number of rotatable bonds is 4. The first kappa shape index (κ1) is 16.2. The van der Waals surface area contributed by atoms with E-state index >= 15 is 0 Å². The molecule has 2 atom stereocenters. The summed E-state index contributed by atoms with van der Waals surface area (Å²) in [4.78, 5) is 10.4. The van der Waals surface area contributed by atoms with Crippen molar-refractivity contribution in [3.05, 3.63) is 16.2 Å². The van der Waals surface area contributed by atoms with Gasteiger partial charge in [-0.2, -0.15) is 4.31 Å². The maximum absolute atomic E-state index is 12.8. The lowest BCUT2D eigenvalue weighted by atomic mass is 10.0. The molecule has 1 aliphatic rings. The third-order valence-corrected chi connectivity index (χ3v) is 7.48. The zero-order valence-corrected chi connectivity index (χ0v) is 13.8. The number of anilines is 1. The molecule has 1 aromatic rings. The predicted molar refractivity (Wildman–Crippen MR) is 82.3 cm³/mol. The molecule has 21 heavy (non-hydrogen) atoms. The standard InChI is InChI=1S/C12H19N3O4S2/c1-8-5-4-6-9(2)14(8)21(18,19)11-7-10(15(16)17)12(13-3)20-11/h7-9,13H,4-6H2,1-3H3/t8-,9+. The first-order valence-corrected chi connectivity index (χ1v) is 9.04. The van der Waals surface area contributed by atoms with Gasteiger partial charge in [-0.25, -0.2) is 8.42 Å². The largest absolute Gasteiger partial charge is 0.374 e. The molecule has 1 aliphatic heterocycles. The summed E-state index contributed by atoms with van der Waals surface area (Å²) in [6.07, 6.45) is 2.63. The second-order valence-electron chi connectivity index (χ2n) is 5.25. The van der Waals surface area contributed by atoms with Crippen molar-refractivity contribution in [3.63, 3.8) is 0 Å². The Morgan fingerprint density at radius 1 is 1.38 bits per heavy atom. The van der Waals surface area contributed by atoms with E-state index in [1.165, 1.54) is 4.31 Å². The quantitative estimate of drug-likeness (QED) is 0.675. The van der Waals surface area contributed by atoms with E-state index in [4.69, 9.17) is 0 Å². The normalized spacial score (nSPS) is 24.0. The van der Waals surface area contributed by atoms with Crippen LogP contribution in [0.4, 0.5) is 10.7 Å². The van der Waals surface area contributed by atoms with Crippen molar-refractivity contribution in [1.29, 1.82) is 0 Å². The van der Waals surface area contributed by atoms with Gasteiger partial charge in [-0.1, -0.05) is 17.8 Å². The summed E-state index contributed by atoms with van der Waals surface area (Å²) in [6.45, 7) is 3.77. The summed E-state index contributed by atoms with van der Waals surface area (Å²) in [5.74, 6) is 0. The Balaban J connectivity index is 2.46. The molecule has 0 spiro atoms. The lowest BCUT2D eigenvalue weighted by molar-refractivity contribution is -0.383. The summed E-state index contributed by atoms with van der Waals surface area (Å²) in [5, 5.41) is 13.9. The fourth-order valence-corrected chi connectivity index (χ4v) is 6.04.